The fraction of sp³-hybridized carbons (Fsp3) is 0.556. The van der Waals surface area contributed by atoms with Gasteiger partial charge in [-0.2, -0.15) is 5.10 Å². The zero-order chi connectivity index (χ0) is 10.9. The standard InChI is InChI=1S/C9H14N2O3/c1-9(2,5-12)7-4-6(8(13)14)11(3)10-7/h4,12H,5H2,1-3H3,(H,13,14). The van der Waals surface area contributed by atoms with Crippen LogP contribution in [0.4, 0.5) is 0 Å². The van der Waals surface area contributed by atoms with E-state index in [1.54, 1.807) is 20.9 Å². The first kappa shape index (κ1) is 10.7. The number of aromatic carboxylic acids is 1. The minimum atomic E-state index is -1.01. The molecular formula is C9H14N2O3. The van der Waals surface area contributed by atoms with Gasteiger partial charge in [-0.15, -0.1) is 0 Å². The SMILES string of the molecule is Cn1nc(C(C)(C)CO)cc1C(=O)O. The van der Waals surface area contributed by atoms with E-state index in [9.17, 15) is 4.79 Å². The van der Waals surface area contributed by atoms with Crippen LogP contribution in [0.25, 0.3) is 0 Å². The third-order valence-corrected chi connectivity index (χ3v) is 2.19. The van der Waals surface area contributed by atoms with Crippen molar-refractivity contribution in [2.75, 3.05) is 6.61 Å². The van der Waals surface area contributed by atoms with Gasteiger partial charge in [0, 0.05) is 12.5 Å². The topological polar surface area (TPSA) is 75.3 Å². The van der Waals surface area contributed by atoms with Crippen LogP contribution in [0.5, 0.6) is 0 Å². The number of hydrogen-bond donors (Lipinski definition) is 2. The minimum Gasteiger partial charge on any atom is -0.477 e. The molecule has 0 aliphatic carbocycles. The van der Waals surface area contributed by atoms with Crippen LogP contribution in [0.15, 0.2) is 6.07 Å². The summed E-state index contributed by atoms with van der Waals surface area (Å²) in [6, 6.07) is 1.48. The van der Waals surface area contributed by atoms with Crippen molar-refractivity contribution in [3.63, 3.8) is 0 Å². The van der Waals surface area contributed by atoms with Crippen molar-refractivity contribution in [2.45, 2.75) is 19.3 Å². The molecule has 0 saturated heterocycles. The van der Waals surface area contributed by atoms with Gasteiger partial charge in [-0.25, -0.2) is 4.79 Å². The highest BCUT2D eigenvalue weighted by atomic mass is 16.4. The van der Waals surface area contributed by atoms with Gasteiger partial charge in [0.2, 0.25) is 0 Å². The van der Waals surface area contributed by atoms with Crippen molar-refractivity contribution >= 4 is 5.97 Å². The predicted octanol–water partition coefficient (Wildman–Crippen LogP) is 0.388. The van der Waals surface area contributed by atoms with Crippen molar-refractivity contribution in [3.05, 3.63) is 17.5 Å². The van der Waals surface area contributed by atoms with Gasteiger partial charge in [0.1, 0.15) is 5.69 Å². The Kier molecular flexibility index (Phi) is 2.62. The molecule has 0 amide bonds. The van der Waals surface area contributed by atoms with Gasteiger partial charge in [0.15, 0.2) is 0 Å². The van der Waals surface area contributed by atoms with Crippen LogP contribution in [-0.4, -0.2) is 32.6 Å². The molecule has 0 unspecified atom stereocenters. The molecule has 0 bridgehead atoms. The van der Waals surface area contributed by atoms with E-state index in [2.05, 4.69) is 5.10 Å². The van der Waals surface area contributed by atoms with Crippen molar-refractivity contribution in [3.8, 4) is 0 Å². The highest BCUT2D eigenvalue weighted by molar-refractivity contribution is 5.85. The second-order valence-electron chi connectivity index (χ2n) is 3.89. The molecule has 5 heteroatoms. The molecule has 0 fully saturated rings. The number of aliphatic hydroxyl groups is 1. The minimum absolute atomic E-state index is 0.0664. The van der Waals surface area contributed by atoms with E-state index in [1.165, 1.54) is 10.7 Å². The molecule has 0 radical (unpaired) electrons. The van der Waals surface area contributed by atoms with E-state index in [4.69, 9.17) is 10.2 Å². The Hall–Kier alpha value is -1.36. The summed E-state index contributed by atoms with van der Waals surface area (Å²) in [5, 5.41) is 21.9. The summed E-state index contributed by atoms with van der Waals surface area (Å²) >= 11 is 0. The van der Waals surface area contributed by atoms with E-state index >= 15 is 0 Å². The van der Waals surface area contributed by atoms with Crippen molar-refractivity contribution in [1.29, 1.82) is 0 Å². The first-order chi connectivity index (χ1) is 6.38. The van der Waals surface area contributed by atoms with Crippen LogP contribution in [0, 0.1) is 0 Å². The molecule has 1 heterocycles. The summed E-state index contributed by atoms with van der Waals surface area (Å²) < 4.78 is 1.30. The lowest BCUT2D eigenvalue weighted by Gasteiger charge is -2.17. The molecule has 0 saturated carbocycles. The fourth-order valence-corrected chi connectivity index (χ4v) is 1.08. The second-order valence-corrected chi connectivity index (χ2v) is 3.89. The van der Waals surface area contributed by atoms with Crippen LogP contribution in [0.1, 0.15) is 30.0 Å². The maximum absolute atomic E-state index is 10.7. The third kappa shape index (κ3) is 1.77. The number of rotatable bonds is 3. The maximum atomic E-state index is 10.7. The molecule has 5 nitrogen and oxygen atoms in total. The smallest absolute Gasteiger partial charge is 0.354 e. The number of hydrogen-bond acceptors (Lipinski definition) is 3. The van der Waals surface area contributed by atoms with Gasteiger partial charge in [0.05, 0.1) is 12.3 Å². The number of carboxylic acid groups (broad SMARTS) is 1. The van der Waals surface area contributed by atoms with Gasteiger partial charge in [-0.3, -0.25) is 4.68 Å². The van der Waals surface area contributed by atoms with Crippen LogP contribution in [-0.2, 0) is 12.5 Å². The van der Waals surface area contributed by atoms with E-state index in [0.717, 1.165) is 0 Å². The highest BCUT2D eigenvalue weighted by Gasteiger charge is 2.25. The number of aliphatic hydroxyl groups excluding tert-OH is 1. The maximum Gasteiger partial charge on any atom is 0.354 e. The number of aromatic nitrogens is 2. The number of carboxylic acids is 1. The lowest BCUT2D eigenvalue weighted by atomic mass is 9.90. The number of nitrogens with zero attached hydrogens (tertiary/aromatic N) is 2. The Balaban J connectivity index is 3.15. The Morgan fingerprint density at radius 1 is 1.64 bits per heavy atom. The monoisotopic (exact) mass is 198 g/mol. The van der Waals surface area contributed by atoms with E-state index < -0.39 is 11.4 Å². The zero-order valence-corrected chi connectivity index (χ0v) is 8.48. The Morgan fingerprint density at radius 3 is 2.57 bits per heavy atom. The van der Waals surface area contributed by atoms with Crippen LogP contribution >= 0.6 is 0 Å². The summed E-state index contributed by atoms with van der Waals surface area (Å²) in [4.78, 5) is 10.7. The van der Waals surface area contributed by atoms with Crippen molar-refractivity contribution in [1.82, 2.24) is 9.78 Å². The normalized spacial score (nSPS) is 11.7. The lowest BCUT2D eigenvalue weighted by molar-refractivity contribution is 0.0685. The zero-order valence-electron chi connectivity index (χ0n) is 8.48. The molecule has 1 aromatic heterocycles. The van der Waals surface area contributed by atoms with Gasteiger partial charge in [-0.1, -0.05) is 13.8 Å². The van der Waals surface area contributed by atoms with Crippen LogP contribution < -0.4 is 0 Å². The van der Waals surface area contributed by atoms with Crippen molar-refractivity contribution < 1.29 is 15.0 Å². The van der Waals surface area contributed by atoms with Gasteiger partial charge in [0.25, 0.3) is 0 Å². The van der Waals surface area contributed by atoms with Crippen LogP contribution in [0.2, 0.25) is 0 Å². The van der Waals surface area contributed by atoms with E-state index in [0.29, 0.717) is 5.69 Å². The van der Waals surface area contributed by atoms with Crippen molar-refractivity contribution in [2.24, 2.45) is 7.05 Å². The number of aryl methyl sites for hydroxylation is 1. The number of carbonyl (C=O) groups is 1. The predicted molar refractivity (Wildman–Crippen MR) is 50.3 cm³/mol. The van der Waals surface area contributed by atoms with Gasteiger partial charge >= 0.3 is 5.97 Å². The molecule has 2 N–H and O–H groups in total. The van der Waals surface area contributed by atoms with Crippen LogP contribution in [0.3, 0.4) is 0 Å². The molecule has 14 heavy (non-hydrogen) atoms. The third-order valence-electron chi connectivity index (χ3n) is 2.19. The summed E-state index contributed by atoms with van der Waals surface area (Å²) in [5.74, 6) is -1.01. The highest BCUT2D eigenvalue weighted by Crippen LogP contribution is 2.21. The molecule has 0 aromatic carbocycles. The molecule has 0 atom stereocenters. The first-order valence-electron chi connectivity index (χ1n) is 4.27. The Bertz CT molecular complexity index is 355. The summed E-state index contributed by atoms with van der Waals surface area (Å²) in [6.45, 7) is 3.55. The second kappa shape index (κ2) is 3.42. The largest absolute Gasteiger partial charge is 0.477 e. The van der Waals surface area contributed by atoms with Gasteiger partial charge < -0.3 is 10.2 Å². The lowest BCUT2D eigenvalue weighted by Crippen LogP contribution is -2.22. The van der Waals surface area contributed by atoms with E-state index in [1.807, 2.05) is 0 Å². The molecule has 78 valence electrons. The summed E-state index contributed by atoms with van der Waals surface area (Å²) in [6.07, 6.45) is 0. The first-order valence-corrected chi connectivity index (χ1v) is 4.27. The van der Waals surface area contributed by atoms with E-state index in [-0.39, 0.29) is 12.3 Å². The summed E-state index contributed by atoms with van der Waals surface area (Å²) in [5.41, 5.74) is 0.201. The molecular weight excluding hydrogens is 184 g/mol. The molecule has 0 aliphatic rings. The molecule has 0 aliphatic heterocycles. The molecule has 1 aromatic rings. The molecule has 0 spiro atoms. The summed E-state index contributed by atoms with van der Waals surface area (Å²) in [7, 11) is 1.57. The van der Waals surface area contributed by atoms with Gasteiger partial charge in [-0.05, 0) is 6.07 Å². The average molecular weight is 198 g/mol. The Morgan fingerprint density at radius 2 is 2.21 bits per heavy atom. The average Bonchev–Trinajstić information content (AvgIpc) is 2.48. The quantitative estimate of drug-likeness (QED) is 0.736. The molecule has 1 rings (SSSR count). The Labute approximate surface area is 82.0 Å². The fourth-order valence-electron chi connectivity index (χ4n) is 1.08.